The Morgan fingerprint density at radius 2 is 1.96 bits per heavy atom. The Balaban J connectivity index is 1.55. The van der Waals surface area contributed by atoms with Crippen LogP contribution in [-0.4, -0.2) is 49.0 Å². The zero-order valence-corrected chi connectivity index (χ0v) is 17.3. The Morgan fingerprint density at radius 1 is 1.21 bits per heavy atom. The first-order chi connectivity index (χ1) is 13.5. The molecule has 1 amide bonds. The van der Waals surface area contributed by atoms with Gasteiger partial charge in [0.05, 0.1) is 11.4 Å². The van der Waals surface area contributed by atoms with Gasteiger partial charge in [-0.05, 0) is 51.4 Å². The number of likely N-dealkylation sites (N-methyl/N-ethyl adjacent to an activating group) is 1. The molecule has 0 saturated carbocycles. The molecular weight excluding hydrogens is 370 g/mol. The van der Waals surface area contributed by atoms with E-state index >= 15 is 0 Å². The summed E-state index contributed by atoms with van der Waals surface area (Å²) in [6.45, 7) is 2.74. The summed E-state index contributed by atoms with van der Waals surface area (Å²) >= 11 is 1.81. The first-order valence-electron chi connectivity index (χ1n) is 9.56. The van der Waals surface area contributed by atoms with Crippen molar-refractivity contribution >= 4 is 29.1 Å². The zero-order chi connectivity index (χ0) is 19.7. The lowest BCUT2D eigenvalue weighted by atomic mass is 9.93. The van der Waals surface area contributed by atoms with Crippen LogP contribution in [0, 0.1) is 5.92 Å². The zero-order valence-electron chi connectivity index (χ0n) is 16.5. The highest BCUT2D eigenvalue weighted by molar-refractivity contribution is 7.99. The summed E-state index contributed by atoms with van der Waals surface area (Å²) in [5.74, 6) is 1.95. The van der Waals surface area contributed by atoms with E-state index in [2.05, 4.69) is 24.0 Å². The van der Waals surface area contributed by atoms with E-state index in [9.17, 15) is 4.79 Å². The van der Waals surface area contributed by atoms with Gasteiger partial charge in [0.25, 0.3) is 0 Å². The second-order valence-corrected chi connectivity index (χ2v) is 8.58. The number of carbonyl (C=O) groups excluding carboxylic acids is 1. The van der Waals surface area contributed by atoms with Crippen LogP contribution in [0.2, 0.25) is 0 Å². The van der Waals surface area contributed by atoms with E-state index < -0.39 is 0 Å². The maximum atomic E-state index is 12.7. The van der Waals surface area contributed by atoms with Crippen molar-refractivity contribution in [2.75, 3.05) is 31.5 Å². The van der Waals surface area contributed by atoms with Crippen molar-refractivity contribution in [3.63, 3.8) is 0 Å². The third kappa shape index (κ3) is 3.80. The molecule has 2 unspecified atom stereocenters. The van der Waals surface area contributed by atoms with E-state index in [0.29, 0.717) is 19.1 Å². The molecule has 0 fully saturated rings. The van der Waals surface area contributed by atoms with Crippen LogP contribution in [0.1, 0.15) is 18.9 Å². The molecule has 28 heavy (non-hydrogen) atoms. The van der Waals surface area contributed by atoms with Gasteiger partial charge in [0.15, 0.2) is 0 Å². The van der Waals surface area contributed by atoms with Gasteiger partial charge in [-0.2, -0.15) is 5.10 Å². The molecule has 0 radical (unpaired) electrons. The van der Waals surface area contributed by atoms with E-state index in [1.54, 1.807) is 5.01 Å². The van der Waals surface area contributed by atoms with Crippen LogP contribution < -0.4 is 9.75 Å². The molecule has 2 heterocycles. The number of anilines is 1. The van der Waals surface area contributed by atoms with Gasteiger partial charge in [-0.25, -0.2) is 5.01 Å². The molecule has 2 aromatic rings. The number of fused-ring (bicyclic) bond motifs is 3. The fourth-order valence-corrected chi connectivity index (χ4v) is 4.46. The highest BCUT2D eigenvalue weighted by Gasteiger charge is 2.34. The van der Waals surface area contributed by atoms with Gasteiger partial charge < -0.3 is 9.64 Å². The molecule has 0 spiro atoms. The summed E-state index contributed by atoms with van der Waals surface area (Å²) in [5, 5.41) is 6.31. The van der Waals surface area contributed by atoms with Crippen LogP contribution in [0.25, 0.3) is 0 Å². The van der Waals surface area contributed by atoms with Crippen molar-refractivity contribution in [1.82, 2.24) is 4.90 Å². The lowest BCUT2D eigenvalue weighted by Gasteiger charge is -2.33. The second kappa shape index (κ2) is 7.97. The summed E-state index contributed by atoms with van der Waals surface area (Å²) in [4.78, 5) is 16.1. The van der Waals surface area contributed by atoms with Crippen LogP contribution in [0.15, 0.2) is 58.5 Å². The lowest BCUT2D eigenvalue weighted by molar-refractivity contribution is -0.119. The number of hydrogen-bond acceptors (Lipinski definition) is 5. The Kier molecular flexibility index (Phi) is 5.42. The highest BCUT2D eigenvalue weighted by Crippen LogP contribution is 2.37. The molecule has 0 bridgehead atoms. The first-order valence-corrected chi connectivity index (χ1v) is 10.5. The molecule has 0 saturated heterocycles. The van der Waals surface area contributed by atoms with E-state index in [0.717, 1.165) is 28.5 Å². The first kappa shape index (κ1) is 19.0. The molecule has 146 valence electrons. The van der Waals surface area contributed by atoms with Gasteiger partial charge in [0.1, 0.15) is 12.4 Å². The summed E-state index contributed by atoms with van der Waals surface area (Å²) in [6.07, 6.45) is 0.499. The van der Waals surface area contributed by atoms with Gasteiger partial charge in [0.2, 0.25) is 5.91 Å². The lowest BCUT2D eigenvalue weighted by Crippen LogP contribution is -2.39. The summed E-state index contributed by atoms with van der Waals surface area (Å²) in [5.41, 5.74) is 2.95. The molecule has 5 nitrogen and oxygen atoms in total. The van der Waals surface area contributed by atoms with Gasteiger partial charge in [-0.1, -0.05) is 18.2 Å². The average molecular weight is 396 g/mol. The minimum atomic E-state index is 0.0450. The number of amides is 1. The Bertz CT molecular complexity index is 895. The van der Waals surface area contributed by atoms with Gasteiger partial charge >= 0.3 is 0 Å². The van der Waals surface area contributed by atoms with Crippen LogP contribution in [0.5, 0.6) is 5.75 Å². The highest BCUT2D eigenvalue weighted by atomic mass is 32.2. The summed E-state index contributed by atoms with van der Waals surface area (Å²) in [6, 6.07) is 16.3. The average Bonchev–Trinajstić information content (AvgIpc) is 2.71. The summed E-state index contributed by atoms with van der Waals surface area (Å²) < 4.78 is 5.85. The number of hydrogen-bond donors (Lipinski definition) is 0. The maximum absolute atomic E-state index is 12.7. The molecule has 0 aliphatic carbocycles. The van der Waals surface area contributed by atoms with Crippen LogP contribution in [0.4, 0.5) is 5.69 Å². The normalized spacial score (nSPS) is 19.7. The van der Waals surface area contributed by atoms with Gasteiger partial charge in [-0.15, -0.1) is 11.8 Å². The van der Waals surface area contributed by atoms with E-state index in [1.807, 2.05) is 62.3 Å². The molecule has 6 heteroatoms. The summed E-state index contributed by atoms with van der Waals surface area (Å²) in [7, 11) is 4.07. The minimum absolute atomic E-state index is 0.0450. The Morgan fingerprint density at radius 3 is 2.71 bits per heavy atom. The molecule has 2 aromatic carbocycles. The predicted octanol–water partition coefficient (Wildman–Crippen LogP) is 3.88. The molecular formula is C22H25N3O2S. The van der Waals surface area contributed by atoms with E-state index in [1.165, 1.54) is 4.90 Å². The van der Waals surface area contributed by atoms with Crippen molar-refractivity contribution in [2.45, 2.75) is 24.3 Å². The molecule has 2 atom stereocenters. The van der Waals surface area contributed by atoms with Crippen molar-refractivity contribution in [1.29, 1.82) is 0 Å². The van der Waals surface area contributed by atoms with Crippen molar-refractivity contribution in [3.05, 3.63) is 54.1 Å². The number of carbonyl (C=O) groups is 1. The molecule has 2 aliphatic rings. The van der Waals surface area contributed by atoms with Crippen LogP contribution in [-0.2, 0) is 4.79 Å². The number of benzene rings is 2. The van der Waals surface area contributed by atoms with Crippen LogP contribution in [0.3, 0.4) is 0 Å². The standard InChI is InChI=1S/C22H25N3O2S/c1-15(24(2)3)13-27-18-10-8-17(9-11-18)25-21(26)12-16-14-28-20-7-5-4-6-19(20)22(16)23-25/h4-11,15-16H,12-14H2,1-3H3. The Labute approximate surface area is 170 Å². The third-order valence-corrected chi connectivity index (χ3v) is 6.54. The SMILES string of the molecule is CC(COc1ccc(N2N=C3c4ccccc4SCC3CC2=O)cc1)N(C)C. The number of hydrazone groups is 1. The number of rotatable bonds is 5. The van der Waals surface area contributed by atoms with E-state index in [-0.39, 0.29) is 11.8 Å². The molecule has 2 aliphatic heterocycles. The molecule has 0 aromatic heterocycles. The number of thioether (sulfide) groups is 1. The Hall–Kier alpha value is -2.31. The van der Waals surface area contributed by atoms with Crippen LogP contribution >= 0.6 is 11.8 Å². The van der Waals surface area contributed by atoms with Crippen molar-refractivity contribution in [3.8, 4) is 5.75 Å². The molecule has 0 N–H and O–H groups in total. The van der Waals surface area contributed by atoms with Crippen molar-refractivity contribution in [2.24, 2.45) is 11.0 Å². The van der Waals surface area contributed by atoms with Gasteiger partial charge in [-0.3, -0.25) is 4.79 Å². The monoisotopic (exact) mass is 395 g/mol. The fraction of sp³-hybridized carbons (Fsp3) is 0.364. The number of nitrogens with zero attached hydrogens (tertiary/aromatic N) is 3. The largest absolute Gasteiger partial charge is 0.492 e. The topological polar surface area (TPSA) is 45.1 Å². The van der Waals surface area contributed by atoms with E-state index in [4.69, 9.17) is 9.84 Å². The maximum Gasteiger partial charge on any atom is 0.248 e. The van der Waals surface area contributed by atoms with Crippen molar-refractivity contribution < 1.29 is 9.53 Å². The predicted molar refractivity (Wildman–Crippen MR) is 114 cm³/mol. The fourth-order valence-electron chi connectivity index (χ4n) is 3.30. The minimum Gasteiger partial charge on any atom is -0.492 e. The smallest absolute Gasteiger partial charge is 0.248 e. The molecule has 4 rings (SSSR count). The van der Waals surface area contributed by atoms with Gasteiger partial charge in [0, 0.05) is 34.6 Å². The quantitative estimate of drug-likeness (QED) is 0.771. The number of ether oxygens (including phenoxy) is 1. The third-order valence-electron chi connectivity index (χ3n) is 5.31. The second-order valence-electron chi connectivity index (χ2n) is 7.52.